The molecule has 8 heteroatoms. The second-order valence-electron chi connectivity index (χ2n) is 5.95. The number of ether oxygens (including phenoxy) is 2. The molecule has 0 saturated heterocycles. The van der Waals surface area contributed by atoms with Gasteiger partial charge in [-0.05, 0) is 48.0 Å². The van der Waals surface area contributed by atoms with Crippen molar-refractivity contribution in [3.05, 3.63) is 77.8 Å². The Bertz CT molecular complexity index is 953. The number of anilines is 1. The summed E-state index contributed by atoms with van der Waals surface area (Å²) in [5, 5.41) is 6.82. The summed E-state index contributed by atoms with van der Waals surface area (Å²) in [6.45, 7) is 0.312. The van der Waals surface area contributed by atoms with E-state index in [4.69, 9.17) is 13.9 Å². The minimum atomic E-state index is -0.309. The third-order valence-electron chi connectivity index (χ3n) is 3.82. The van der Waals surface area contributed by atoms with Crippen LogP contribution in [-0.2, 0) is 11.4 Å². The van der Waals surface area contributed by atoms with E-state index < -0.39 is 0 Å². The lowest BCUT2D eigenvalue weighted by molar-refractivity contribution is -0.119. The zero-order valence-corrected chi connectivity index (χ0v) is 15.7. The lowest BCUT2D eigenvalue weighted by Crippen LogP contribution is -2.25. The third-order valence-corrected chi connectivity index (χ3v) is 3.82. The molecule has 0 unspecified atom stereocenters. The van der Waals surface area contributed by atoms with Gasteiger partial charge in [-0.15, -0.1) is 0 Å². The zero-order chi connectivity index (χ0) is 20.5. The Morgan fingerprint density at radius 3 is 2.59 bits per heavy atom. The van der Waals surface area contributed by atoms with Crippen LogP contribution in [-0.4, -0.2) is 25.8 Å². The summed E-state index contributed by atoms with van der Waals surface area (Å²) in [5.74, 6) is 0.845. The Hall–Kier alpha value is -3.81. The van der Waals surface area contributed by atoms with Crippen LogP contribution in [0.25, 0.3) is 0 Å². The molecule has 0 aliphatic heterocycles. The van der Waals surface area contributed by atoms with Crippen molar-refractivity contribution in [1.82, 2.24) is 5.43 Å². The van der Waals surface area contributed by atoms with Gasteiger partial charge < -0.3 is 19.2 Å². The molecule has 7 nitrogen and oxygen atoms in total. The van der Waals surface area contributed by atoms with E-state index in [0.29, 0.717) is 11.7 Å². The highest BCUT2D eigenvalue weighted by Gasteiger charge is 2.03. The summed E-state index contributed by atoms with van der Waals surface area (Å²) < 4.78 is 28.9. The molecule has 0 saturated carbocycles. The summed E-state index contributed by atoms with van der Waals surface area (Å²) in [7, 11) is 1.59. The monoisotopic (exact) mass is 397 g/mol. The van der Waals surface area contributed by atoms with Crippen LogP contribution in [0.2, 0.25) is 0 Å². The number of methoxy groups -OCH3 is 1. The molecule has 2 N–H and O–H groups in total. The predicted molar refractivity (Wildman–Crippen MR) is 107 cm³/mol. The number of hydrogen-bond donors (Lipinski definition) is 2. The molecular weight excluding hydrogens is 377 g/mol. The van der Waals surface area contributed by atoms with E-state index in [-0.39, 0.29) is 24.9 Å². The van der Waals surface area contributed by atoms with Gasteiger partial charge in [-0.3, -0.25) is 4.79 Å². The Labute approximate surface area is 167 Å². The van der Waals surface area contributed by atoms with Crippen LogP contribution >= 0.6 is 0 Å². The summed E-state index contributed by atoms with van der Waals surface area (Å²) in [6.07, 6.45) is 1.37. The smallest absolute Gasteiger partial charge is 0.285 e. The summed E-state index contributed by atoms with van der Waals surface area (Å²) in [4.78, 5) is 11.8. The van der Waals surface area contributed by atoms with Crippen LogP contribution in [0.1, 0.15) is 11.3 Å². The number of benzene rings is 2. The summed E-state index contributed by atoms with van der Waals surface area (Å²) >= 11 is 0. The molecule has 3 rings (SSSR count). The molecule has 0 atom stereocenters. The maximum absolute atomic E-state index is 12.9. The van der Waals surface area contributed by atoms with Crippen molar-refractivity contribution in [2.24, 2.45) is 5.10 Å². The summed E-state index contributed by atoms with van der Waals surface area (Å²) in [6, 6.07) is 16.5. The number of amides is 1. The molecule has 0 bridgehead atoms. The standard InChI is InChI=1S/C21H20FN3O4/c1-27-18-8-6-17(7-9-18)23-13-20(26)25-24-12-19-10-11-21(29-19)28-14-15-2-4-16(22)5-3-15/h2-12,23H,13-14H2,1H3,(H,25,26)/b24-12+. The molecule has 150 valence electrons. The van der Waals surface area contributed by atoms with Gasteiger partial charge >= 0.3 is 0 Å². The average molecular weight is 397 g/mol. The van der Waals surface area contributed by atoms with Gasteiger partial charge in [0.2, 0.25) is 0 Å². The van der Waals surface area contributed by atoms with Gasteiger partial charge in [0.05, 0.1) is 19.9 Å². The maximum atomic E-state index is 12.9. The van der Waals surface area contributed by atoms with E-state index in [0.717, 1.165) is 17.0 Å². The molecule has 0 radical (unpaired) electrons. The Kier molecular flexibility index (Phi) is 6.83. The number of carbonyl (C=O) groups is 1. The second kappa shape index (κ2) is 9.93. The zero-order valence-electron chi connectivity index (χ0n) is 15.7. The first-order chi connectivity index (χ1) is 14.1. The maximum Gasteiger partial charge on any atom is 0.285 e. The topological polar surface area (TPSA) is 85.1 Å². The first-order valence-corrected chi connectivity index (χ1v) is 8.79. The predicted octanol–water partition coefficient (Wildman–Crippen LogP) is 3.57. The van der Waals surface area contributed by atoms with Crippen LogP contribution in [0.4, 0.5) is 10.1 Å². The number of furan rings is 1. The van der Waals surface area contributed by atoms with Crippen molar-refractivity contribution in [2.75, 3.05) is 19.0 Å². The minimum absolute atomic E-state index is 0.0633. The lowest BCUT2D eigenvalue weighted by Gasteiger charge is -2.06. The molecule has 0 aliphatic rings. The number of nitrogens with zero attached hydrogens (tertiary/aromatic N) is 1. The van der Waals surface area contributed by atoms with Gasteiger partial charge in [0, 0.05) is 11.8 Å². The van der Waals surface area contributed by atoms with E-state index in [1.807, 2.05) is 12.1 Å². The number of carbonyl (C=O) groups excluding carboxylic acids is 1. The van der Waals surface area contributed by atoms with Crippen molar-refractivity contribution in [1.29, 1.82) is 0 Å². The van der Waals surface area contributed by atoms with Crippen LogP contribution in [0.15, 0.2) is 70.2 Å². The van der Waals surface area contributed by atoms with E-state index in [9.17, 15) is 9.18 Å². The highest BCUT2D eigenvalue weighted by atomic mass is 19.1. The van der Waals surface area contributed by atoms with Gasteiger partial charge in [0.25, 0.3) is 11.9 Å². The van der Waals surface area contributed by atoms with Crippen LogP contribution in [0.3, 0.4) is 0 Å². The van der Waals surface area contributed by atoms with Crippen LogP contribution in [0, 0.1) is 5.82 Å². The third kappa shape index (κ3) is 6.39. The second-order valence-corrected chi connectivity index (χ2v) is 5.95. The quantitative estimate of drug-likeness (QED) is 0.426. The first-order valence-electron chi connectivity index (χ1n) is 8.79. The largest absolute Gasteiger partial charge is 0.497 e. The van der Waals surface area contributed by atoms with Gasteiger partial charge in [0.1, 0.15) is 18.2 Å². The molecule has 3 aromatic rings. The molecule has 0 spiro atoms. The van der Waals surface area contributed by atoms with Crippen molar-refractivity contribution >= 4 is 17.8 Å². The number of nitrogens with one attached hydrogen (secondary N) is 2. The van der Waals surface area contributed by atoms with Gasteiger partial charge in [-0.1, -0.05) is 12.1 Å². The Morgan fingerprint density at radius 1 is 1.10 bits per heavy atom. The molecule has 2 aromatic carbocycles. The molecule has 0 fully saturated rings. The number of rotatable bonds is 9. The lowest BCUT2D eigenvalue weighted by atomic mass is 10.2. The highest BCUT2D eigenvalue weighted by Crippen LogP contribution is 2.17. The van der Waals surface area contributed by atoms with Crippen molar-refractivity contribution in [3.8, 4) is 11.7 Å². The van der Waals surface area contributed by atoms with Crippen molar-refractivity contribution < 1.29 is 23.1 Å². The molecule has 1 heterocycles. The molecular formula is C21H20FN3O4. The molecule has 29 heavy (non-hydrogen) atoms. The first kappa shape index (κ1) is 19.9. The SMILES string of the molecule is COc1ccc(NCC(=O)N/N=C/c2ccc(OCc3ccc(F)cc3)o2)cc1. The molecule has 1 amide bonds. The van der Waals surface area contributed by atoms with E-state index >= 15 is 0 Å². The van der Waals surface area contributed by atoms with E-state index in [1.54, 1.807) is 43.5 Å². The van der Waals surface area contributed by atoms with Crippen LogP contribution < -0.4 is 20.2 Å². The highest BCUT2D eigenvalue weighted by molar-refractivity contribution is 5.83. The molecule has 1 aromatic heterocycles. The van der Waals surface area contributed by atoms with E-state index in [2.05, 4.69) is 15.8 Å². The summed E-state index contributed by atoms with van der Waals surface area (Å²) in [5.41, 5.74) is 4.01. The number of halogens is 1. The Balaban J connectivity index is 1.40. The number of hydrogen-bond acceptors (Lipinski definition) is 6. The Morgan fingerprint density at radius 2 is 1.86 bits per heavy atom. The average Bonchev–Trinajstić information content (AvgIpc) is 3.20. The molecule has 0 aliphatic carbocycles. The number of hydrazone groups is 1. The normalized spacial score (nSPS) is 10.7. The minimum Gasteiger partial charge on any atom is -0.497 e. The van der Waals surface area contributed by atoms with Crippen LogP contribution in [0.5, 0.6) is 11.7 Å². The van der Waals surface area contributed by atoms with Gasteiger partial charge in [0.15, 0.2) is 5.76 Å². The van der Waals surface area contributed by atoms with Gasteiger partial charge in [-0.25, -0.2) is 9.82 Å². The van der Waals surface area contributed by atoms with Gasteiger partial charge in [-0.2, -0.15) is 5.10 Å². The van der Waals surface area contributed by atoms with Crippen molar-refractivity contribution in [2.45, 2.75) is 6.61 Å². The fraction of sp³-hybridized carbons (Fsp3) is 0.143. The fourth-order valence-corrected chi connectivity index (χ4v) is 2.32. The fourth-order valence-electron chi connectivity index (χ4n) is 2.32. The van der Waals surface area contributed by atoms with Crippen molar-refractivity contribution in [3.63, 3.8) is 0 Å². The van der Waals surface area contributed by atoms with E-state index in [1.165, 1.54) is 18.3 Å².